The van der Waals surface area contributed by atoms with E-state index in [4.69, 9.17) is 4.74 Å². The number of aliphatic hydroxyl groups excluding tert-OH is 1. The van der Waals surface area contributed by atoms with Gasteiger partial charge in [-0.05, 0) is 37.3 Å². The van der Waals surface area contributed by atoms with Crippen LogP contribution in [0.15, 0.2) is 11.6 Å². The Morgan fingerprint density at radius 2 is 2.05 bits per heavy atom. The molecule has 4 nitrogen and oxygen atoms in total. The van der Waals surface area contributed by atoms with E-state index in [-0.39, 0.29) is 18.5 Å². The molecule has 0 spiro atoms. The molecule has 0 radical (unpaired) electrons. The minimum absolute atomic E-state index is 0.106. The average molecular weight is 294 g/mol. The van der Waals surface area contributed by atoms with Gasteiger partial charge in [-0.25, -0.2) is 0 Å². The summed E-state index contributed by atoms with van der Waals surface area (Å²) in [7, 11) is 0. The van der Waals surface area contributed by atoms with Crippen LogP contribution in [-0.4, -0.2) is 34.5 Å². The Balaban J connectivity index is 2.89. The van der Waals surface area contributed by atoms with Crippen LogP contribution in [0.1, 0.15) is 47.5 Å². The van der Waals surface area contributed by atoms with Gasteiger partial charge in [0.1, 0.15) is 12.2 Å². The van der Waals surface area contributed by atoms with Gasteiger partial charge in [-0.1, -0.05) is 32.6 Å². The van der Waals surface area contributed by atoms with Gasteiger partial charge in [0.05, 0.1) is 6.10 Å². The molecule has 4 heteroatoms. The number of carbonyl (C=O) groups is 1. The van der Waals surface area contributed by atoms with E-state index in [1.54, 1.807) is 6.08 Å². The van der Waals surface area contributed by atoms with E-state index in [9.17, 15) is 15.0 Å². The molecule has 0 aromatic rings. The monoisotopic (exact) mass is 294 g/mol. The molecule has 1 saturated carbocycles. The maximum Gasteiger partial charge on any atom is 0.302 e. The summed E-state index contributed by atoms with van der Waals surface area (Å²) >= 11 is 0. The summed E-state index contributed by atoms with van der Waals surface area (Å²) in [6, 6.07) is 0. The maximum absolute atomic E-state index is 11.0. The summed E-state index contributed by atoms with van der Waals surface area (Å²) in [6.07, 6.45) is 2.40. The Hall–Kier alpha value is -1.31. The van der Waals surface area contributed by atoms with Crippen molar-refractivity contribution in [1.29, 1.82) is 0 Å². The third kappa shape index (κ3) is 4.33. The molecule has 0 amide bonds. The van der Waals surface area contributed by atoms with Crippen LogP contribution in [0.5, 0.6) is 0 Å². The molecule has 2 N–H and O–H groups in total. The van der Waals surface area contributed by atoms with Gasteiger partial charge in [-0.15, -0.1) is 0 Å². The molecule has 0 heterocycles. The SMILES string of the molecule is CC(=O)OC/C=C(\C)C#CC1(O)C(C)CC(O)CC1(C)C. The summed E-state index contributed by atoms with van der Waals surface area (Å²) in [5.41, 5.74) is -0.866. The fraction of sp³-hybridized carbons (Fsp3) is 0.706. The number of hydrogen-bond donors (Lipinski definition) is 2. The van der Waals surface area contributed by atoms with E-state index >= 15 is 0 Å². The molecule has 0 aliphatic heterocycles. The number of hydrogen-bond acceptors (Lipinski definition) is 4. The normalized spacial score (nSPS) is 32.0. The molecule has 0 aromatic carbocycles. The van der Waals surface area contributed by atoms with E-state index in [1.165, 1.54) is 6.92 Å². The average Bonchev–Trinajstić information content (AvgIpc) is 2.32. The molecule has 0 saturated heterocycles. The molecule has 3 unspecified atom stereocenters. The summed E-state index contributed by atoms with van der Waals surface area (Å²) in [6.45, 7) is 9.13. The number of ether oxygens (including phenoxy) is 1. The van der Waals surface area contributed by atoms with Gasteiger partial charge in [0.2, 0.25) is 0 Å². The summed E-state index contributed by atoms with van der Waals surface area (Å²) in [5.74, 6) is 5.50. The maximum atomic E-state index is 11.0. The van der Waals surface area contributed by atoms with Crippen LogP contribution in [0, 0.1) is 23.2 Å². The van der Waals surface area contributed by atoms with Crippen molar-refractivity contribution in [2.24, 2.45) is 11.3 Å². The lowest BCUT2D eigenvalue weighted by molar-refractivity contribution is -0.139. The van der Waals surface area contributed by atoms with E-state index in [1.807, 2.05) is 27.7 Å². The van der Waals surface area contributed by atoms with Crippen LogP contribution in [0.4, 0.5) is 0 Å². The molecule has 21 heavy (non-hydrogen) atoms. The van der Waals surface area contributed by atoms with Crippen LogP contribution in [0.25, 0.3) is 0 Å². The third-order valence-corrected chi connectivity index (χ3v) is 4.24. The molecule has 1 fully saturated rings. The number of aliphatic hydroxyl groups is 2. The highest BCUT2D eigenvalue weighted by atomic mass is 16.5. The van der Waals surface area contributed by atoms with Crippen molar-refractivity contribution < 1.29 is 19.7 Å². The molecule has 1 aliphatic rings. The van der Waals surface area contributed by atoms with Gasteiger partial charge >= 0.3 is 5.97 Å². The Labute approximate surface area is 127 Å². The van der Waals surface area contributed by atoms with Gasteiger partial charge in [0.15, 0.2) is 0 Å². The smallest absolute Gasteiger partial charge is 0.302 e. The topological polar surface area (TPSA) is 66.8 Å². The zero-order chi connectivity index (χ0) is 16.3. The minimum Gasteiger partial charge on any atom is -0.462 e. The second-order valence-electron chi connectivity index (χ2n) is 6.58. The highest BCUT2D eigenvalue weighted by Crippen LogP contribution is 2.46. The van der Waals surface area contributed by atoms with Gasteiger partial charge in [0, 0.05) is 12.3 Å². The minimum atomic E-state index is -1.14. The first-order valence-electron chi connectivity index (χ1n) is 7.32. The molecule has 1 aliphatic carbocycles. The second kappa shape index (κ2) is 6.64. The van der Waals surface area contributed by atoms with E-state index < -0.39 is 17.1 Å². The number of rotatable bonds is 2. The first-order chi connectivity index (χ1) is 9.58. The van der Waals surface area contributed by atoms with Crippen molar-refractivity contribution in [2.75, 3.05) is 6.61 Å². The molecule has 118 valence electrons. The summed E-state index contributed by atoms with van der Waals surface area (Å²) < 4.78 is 4.83. The second-order valence-corrected chi connectivity index (χ2v) is 6.58. The fourth-order valence-corrected chi connectivity index (χ4v) is 2.90. The lowest BCUT2D eigenvalue weighted by Crippen LogP contribution is -2.54. The number of esters is 1. The fourth-order valence-electron chi connectivity index (χ4n) is 2.90. The Kier molecular flexibility index (Phi) is 5.61. The van der Waals surface area contributed by atoms with Gasteiger partial charge in [-0.3, -0.25) is 4.79 Å². The van der Waals surface area contributed by atoms with Crippen LogP contribution in [0.2, 0.25) is 0 Å². The molecule has 0 bridgehead atoms. The zero-order valence-corrected chi connectivity index (χ0v) is 13.6. The van der Waals surface area contributed by atoms with Crippen LogP contribution >= 0.6 is 0 Å². The highest BCUT2D eigenvalue weighted by Gasteiger charge is 2.51. The van der Waals surface area contributed by atoms with Crippen molar-refractivity contribution in [3.63, 3.8) is 0 Å². The largest absolute Gasteiger partial charge is 0.462 e. The first-order valence-corrected chi connectivity index (χ1v) is 7.32. The van der Waals surface area contributed by atoms with E-state index in [0.717, 1.165) is 5.57 Å². The van der Waals surface area contributed by atoms with Crippen molar-refractivity contribution >= 4 is 5.97 Å². The van der Waals surface area contributed by atoms with Gasteiger partial charge < -0.3 is 14.9 Å². The van der Waals surface area contributed by atoms with Crippen molar-refractivity contribution in [1.82, 2.24) is 0 Å². The molecular weight excluding hydrogens is 268 g/mol. The molecular formula is C17H26O4. The molecule has 1 rings (SSSR count). The standard InChI is InChI=1S/C17H26O4/c1-12(7-9-21-14(3)18)6-8-17(20)13(2)10-15(19)11-16(17,4)5/h7,13,15,19-20H,9-11H2,1-5H3/b12-7+. The van der Waals surface area contributed by atoms with Crippen molar-refractivity contribution in [2.45, 2.75) is 59.2 Å². The van der Waals surface area contributed by atoms with Gasteiger partial charge in [-0.2, -0.15) is 0 Å². The van der Waals surface area contributed by atoms with Crippen molar-refractivity contribution in [3.8, 4) is 11.8 Å². The van der Waals surface area contributed by atoms with Crippen molar-refractivity contribution in [3.05, 3.63) is 11.6 Å². The number of allylic oxidation sites excluding steroid dienone is 1. The Bertz CT molecular complexity index is 481. The lowest BCUT2D eigenvalue weighted by atomic mass is 9.60. The predicted octanol–water partition coefficient (Wildman–Crippen LogP) is 2.05. The summed E-state index contributed by atoms with van der Waals surface area (Å²) in [4.78, 5) is 10.7. The van der Waals surface area contributed by atoms with E-state index in [0.29, 0.717) is 12.8 Å². The zero-order valence-electron chi connectivity index (χ0n) is 13.6. The highest BCUT2D eigenvalue weighted by molar-refractivity contribution is 5.66. The third-order valence-electron chi connectivity index (χ3n) is 4.24. The Morgan fingerprint density at radius 1 is 1.43 bits per heavy atom. The summed E-state index contributed by atoms with van der Waals surface area (Å²) in [5, 5.41) is 20.8. The Morgan fingerprint density at radius 3 is 2.57 bits per heavy atom. The predicted molar refractivity (Wildman–Crippen MR) is 81.3 cm³/mol. The number of carbonyl (C=O) groups excluding carboxylic acids is 1. The first kappa shape index (κ1) is 17.7. The van der Waals surface area contributed by atoms with Crippen LogP contribution in [0.3, 0.4) is 0 Å². The molecule has 3 atom stereocenters. The van der Waals surface area contributed by atoms with E-state index in [2.05, 4.69) is 11.8 Å². The van der Waals surface area contributed by atoms with Crippen LogP contribution in [-0.2, 0) is 9.53 Å². The van der Waals surface area contributed by atoms with Crippen LogP contribution < -0.4 is 0 Å². The lowest BCUT2D eigenvalue weighted by Gasteiger charge is -2.48. The quantitative estimate of drug-likeness (QED) is 0.604. The van der Waals surface area contributed by atoms with Gasteiger partial charge in [0.25, 0.3) is 0 Å². The molecule has 0 aromatic heterocycles.